The Hall–Kier alpha value is -3.65. The van der Waals surface area contributed by atoms with Crippen LogP contribution in [-0.4, -0.2) is 23.6 Å². The Morgan fingerprint density at radius 3 is 2.77 bits per heavy atom. The molecule has 0 aliphatic carbocycles. The molecule has 0 N–H and O–H groups in total. The van der Waals surface area contributed by atoms with Gasteiger partial charge in [-0.2, -0.15) is 0 Å². The molecule has 2 aliphatic heterocycles. The van der Waals surface area contributed by atoms with E-state index in [1.807, 2.05) is 36.6 Å². The summed E-state index contributed by atoms with van der Waals surface area (Å²) < 4.78 is 21.7. The predicted octanol–water partition coefficient (Wildman–Crippen LogP) is 4.10. The van der Waals surface area contributed by atoms with Crippen LogP contribution in [0.2, 0.25) is 0 Å². The van der Waals surface area contributed by atoms with Gasteiger partial charge in [0.15, 0.2) is 17.2 Å². The van der Waals surface area contributed by atoms with Gasteiger partial charge in [0.2, 0.25) is 12.7 Å². The summed E-state index contributed by atoms with van der Waals surface area (Å²) in [5.41, 5.74) is 2.60. The lowest BCUT2D eigenvalue weighted by Crippen LogP contribution is -2.05. The van der Waals surface area contributed by atoms with Gasteiger partial charge in [-0.1, -0.05) is 12.1 Å². The molecule has 0 radical (unpaired) electrons. The Kier molecular flexibility index (Phi) is 4.68. The van der Waals surface area contributed by atoms with Gasteiger partial charge in [-0.25, -0.2) is 14.8 Å². The molecule has 30 heavy (non-hydrogen) atoms. The fraction of sp³-hybridized carbons (Fsp3) is 0.136. The van der Waals surface area contributed by atoms with Crippen molar-refractivity contribution in [3.05, 3.63) is 75.4 Å². The Bertz CT molecular complexity index is 1180. The van der Waals surface area contributed by atoms with E-state index < -0.39 is 5.97 Å². The van der Waals surface area contributed by atoms with E-state index in [2.05, 4.69) is 9.98 Å². The van der Waals surface area contributed by atoms with E-state index in [4.69, 9.17) is 18.9 Å². The molecule has 0 bridgehead atoms. The minimum Gasteiger partial charge on any atom is -0.487 e. The number of thiazole rings is 1. The SMILES string of the molecule is Cc1nc(COc2ccc(/C=C3\N=C(c4ccc5c(c4)OCO5)OC3=O)cc2)cs1. The van der Waals surface area contributed by atoms with E-state index >= 15 is 0 Å². The zero-order valence-electron chi connectivity index (χ0n) is 16.0. The highest BCUT2D eigenvalue weighted by molar-refractivity contribution is 7.09. The van der Waals surface area contributed by atoms with Gasteiger partial charge in [0.25, 0.3) is 0 Å². The molecule has 5 rings (SSSR count). The zero-order valence-corrected chi connectivity index (χ0v) is 16.8. The quantitative estimate of drug-likeness (QED) is 0.457. The predicted molar refractivity (Wildman–Crippen MR) is 111 cm³/mol. The third-order valence-corrected chi connectivity index (χ3v) is 5.30. The number of nitrogens with zero attached hydrogens (tertiary/aromatic N) is 2. The maximum Gasteiger partial charge on any atom is 0.363 e. The van der Waals surface area contributed by atoms with E-state index in [1.165, 1.54) is 0 Å². The van der Waals surface area contributed by atoms with Crippen molar-refractivity contribution in [1.29, 1.82) is 0 Å². The van der Waals surface area contributed by atoms with Crippen LogP contribution in [0.25, 0.3) is 6.08 Å². The van der Waals surface area contributed by atoms with Gasteiger partial charge in [-0.15, -0.1) is 11.3 Å². The lowest BCUT2D eigenvalue weighted by atomic mass is 10.2. The lowest BCUT2D eigenvalue weighted by Gasteiger charge is -2.04. The molecule has 3 heterocycles. The maximum absolute atomic E-state index is 12.2. The van der Waals surface area contributed by atoms with Crippen LogP contribution in [0.3, 0.4) is 0 Å². The second-order valence-electron chi connectivity index (χ2n) is 6.62. The van der Waals surface area contributed by atoms with E-state index in [9.17, 15) is 4.79 Å². The van der Waals surface area contributed by atoms with Gasteiger partial charge in [0, 0.05) is 10.9 Å². The largest absolute Gasteiger partial charge is 0.487 e. The molecule has 7 nitrogen and oxygen atoms in total. The van der Waals surface area contributed by atoms with Crippen molar-refractivity contribution in [1.82, 2.24) is 4.98 Å². The van der Waals surface area contributed by atoms with Crippen molar-refractivity contribution in [3.8, 4) is 17.2 Å². The number of rotatable bonds is 5. The van der Waals surface area contributed by atoms with Crippen molar-refractivity contribution in [2.45, 2.75) is 13.5 Å². The summed E-state index contributed by atoms with van der Waals surface area (Å²) in [4.78, 5) is 20.9. The summed E-state index contributed by atoms with van der Waals surface area (Å²) in [6, 6.07) is 12.7. The number of aliphatic imine (C=N–C) groups is 1. The number of esters is 1. The van der Waals surface area contributed by atoms with E-state index in [0.29, 0.717) is 23.7 Å². The molecule has 0 unspecified atom stereocenters. The second-order valence-corrected chi connectivity index (χ2v) is 7.68. The lowest BCUT2D eigenvalue weighted by molar-refractivity contribution is -0.129. The van der Waals surface area contributed by atoms with E-state index in [1.54, 1.807) is 35.6 Å². The molecule has 0 saturated heterocycles. The van der Waals surface area contributed by atoms with Crippen LogP contribution in [0.15, 0.2) is 58.5 Å². The van der Waals surface area contributed by atoms with Crippen LogP contribution >= 0.6 is 11.3 Å². The number of carbonyl (C=O) groups is 1. The average molecular weight is 420 g/mol. The maximum atomic E-state index is 12.2. The summed E-state index contributed by atoms with van der Waals surface area (Å²) in [6.45, 7) is 2.56. The topological polar surface area (TPSA) is 79.2 Å². The van der Waals surface area contributed by atoms with E-state index in [0.717, 1.165) is 22.0 Å². The number of aryl methyl sites for hydroxylation is 1. The molecule has 1 aromatic heterocycles. The monoisotopic (exact) mass is 420 g/mol. The Morgan fingerprint density at radius 1 is 1.13 bits per heavy atom. The van der Waals surface area contributed by atoms with Gasteiger partial charge < -0.3 is 18.9 Å². The molecule has 3 aromatic rings. The van der Waals surface area contributed by atoms with Gasteiger partial charge in [-0.3, -0.25) is 0 Å². The molecule has 150 valence electrons. The van der Waals surface area contributed by atoms with Crippen LogP contribution in [-0.2, 0) is 16.1 Å². The first kappa shape index (κ1) is 18.4. The summed E-state index contributed by atoms with van der Waals surface area (Å²) in [5, 5.41) is 3.00. The van der Waals surface area contributed by atoms with Gasteiger partial charge in [-0.05, 0) is 48.9 Å². The first-order valence-electron chi connectivity index (χ1n) is 9.20. The van der Waals surface area contributed by atoms with Crippen molar-refractivity contribution < 1.29 is 23.7 Å². The molecular formula is C22H16N2O5S. The zero-order chi connectivity index (χ0) is 20.5. The highest BCUT2D eigenvalue weighted by Gasteiger charge is 2.25. The normalized spacial score (nSPS) is 16.0. The van der Waals surface area contributed by atoms with Gasteiger partial charge >= 0.3 is 5.97 Å². The van der Waals surface area contributed by atoms with Crippen LogP contribution in [0, 0.1) is 6.92 Å². The fourth-order valence-corrected chi connectivity index (χ4v) is 3.61. The third kappa shape index (κ3) is 3.77. The molecule has 2 aliphatic rings. The molecule has 0 saturated carbocycles. The Balaban J connectivity index is 1.29. The van der Waals surface area contributed by atoms with Crippen LogP contribution in [0.4, 0.5) is 0 Å². The molecule has 2 aromatic carbocycles. The number of hydrogen-bond acceptors (Lipinski definition) is 8. The highest BCUT2D eigenvalue weighted by Crippen LogP contribution is 2.33. The number of benzene rings is 2. The molecule has 0 spiro atoms. The van der Waals surface area contributed by atoms with Crippen molar-refractivity contribution >= 4 is 29.3 Å². The van der Waals surface area contributed by atoms with Crippen molar-refractivity contribution in [2.75, 3.05) is 6.79 Å². The van der Waals surface area contributed by atoms with Gasteiger partial charge in [0.1, 0.15) is 12.4 Å². The van der Waals surface area contributed by atoms with Crippen LogP contribution in [0.5, 0.6) is 17.2 Å². The Morgan fingerprint density at radius 2 is 1.97 bits per heavy atom. The summed E-state index contributed by atoms with van der Waals surface area (Å²) in [7, 11) is 0. The number of aromatic nitrogens is 1. The fourth-order valence-electron chi connectivity index (χ4n) is 3.01. The van der Waals surface area contributed by atoms with Crippen LogP contribution in [0.1, 0.15) is 21.8 Å². The first-order chi connectivity index (χ1) is 14.6. The smallest absolute Gasteiger partial charge is 0.363 e. The number of ether oxygens (including phenoxy) is 4. The standard InChI is InChI=1S/C22H16N2O5S/c1-13-23-16(11-30-13)10-26-17-5-2-14(3-6-17)8-18-22(25)29-21(24-18)15-4-7-19-20(9-15)28-12-27-19/h2-9,11H,10,12H2,1H3/b18-8-. The molecule has 0 amide bonds. The Labute approximate surface area is 176 Å². The highest BCUT2D eigenvalue weighted by atomic mass is 32.1. The average Bonchev–Trinajstić information content (AvgIpc) is 3.47. The molecule has 0 atom stereocenters. The van der Waals surface area contributed by atoms with Crippen molar-refractivity contribution in [2.24, 2.45) is 4.99 Å². The van der Waals surface area contributed by atoms with Gasteiger partial charge in [0.05, 0.1) is 10.7 Å². The first-order valence-corrected chi connectivity index (χ1v) is 10.1. The summed E-state index contributed by atoms with van der Waals surface area (Å²) in [6.07, 6.45) is 1.68. The summed E-state index contributed by atoms with van der Waals surface area (Å²) >= 11 is 1.60. The number of cyclic esters (lactones) is 1. The summed E-state index contributed by atoms with van der Waals surface area (Å²) in [5.74, 6) is 1.73. The van der Waals surface area contributed by atoms with Crippen LogP contribution < -0.4 is 14.2 Å². The molecule has 8 heteroatoms. The molecular weight excluding hydrogens is 404 g/mol. The molecule has 0 fully saturated rings. The van der Waals surface area contributed by atoms with E-state index in [-0.39, 0.29) is 18.4 Å². The minimum atomic E-state index is -0.498. The second kappa shape index (κ2) is 7.64. The van der Waals surface area contributed by atoms with Crippen molar-refractivity contribution in [3.63, 3.8) is 0 Å². The number of carbonyl (C=O) groups excluding carboxylic acids is 1. The third-order valence-electron chi connectivity index (χ3n) is 4.48. The minimum absolute atomic E-state index is 0.180. The number of fused-ring (bicyclic) bond motifs is 1. The number of hydrogen-bond donors (Lipinski definition) is 0.